The zero-order chi connectivity index (χ0) is 14.7. The minimum absolute atomic E-state index is 0.131. The number of hydrogen-bond acceptors (Lipinski definition) is 4. The van der Waals surface area contributed by atoms with Gasteiger partial charge in [0.25, 0.3) is 0 Å². The molecule has 0 amide bonds. The quantitative estimate of drug-likeness (QED) is 0.864. The standard InChI is InChI=1S/C14H18FNO4/c1-19-12-5-10(13(20-2)4-8(12)6-15)11-3-9(7-16-11)14(17)18/h4-5,9,11,16H,3,6-7H2,1-2H3,(H,17,18). The van der Waals surface area contributed by atoms with E-state index < -0.39 is 18.6 Å². The van der Waals surface area contributed by atoms with Gasteiger partial charge < -0.3 is 19.9 Å². The number of hydrogen-bond donors (Lipinski definition) is 2. The molecule has 2 unspecified atom stereocenters. The van der Waals surface area contributed by atoms with Crippen LogP contribution in [0.2, 0.25) is 0 Å². The molecule has 6 heteroatoms. The monoisotopic (exact) mass is 283 g/mol. The Labute approximate surface area is 116 Å². The molecular weight excluding hydrogens is 265 g/mol. The maximum absolute atomic E-state index is 12.9. The Hall–Kier alpha value is -1.82. The zero-order valence-corrected chi connectivity index (χ0v) is 11.5. The third kappa shape index (κ3) is 2.70. The van der Waals surface area contributed by atoms with Crippen LogP contribution in [-0.4, -0.2) is 31.8 Å². The molecule has 2 N–H and O–H groups in total. The second-order valence-electron chi connectivity index (χ2n) is 4.77. The Morgan fingerprint density at radius 3 is 2.60 bits per heavy atom. The van der Waals surface area contributed by atoms with Crippen molar-refractivity contribution in [1.82, 2.24) is 5.32 Å². The van der Waals surface area contributed by atoms with Gasteiger partial charge in [0, 0.05) is 23.7 Å². The van der Waals surface area contributed by atoms with E-state index in [-0.39, 0.29) is 6.04 Å². The van der Waals surface area contributed by atoms with E-state index in [1.807, 2.05) is 0 Å². The highest BCUT2D eigenvalue weighted by atomic mass is 19.1. The predicted octanol–water partition coefficient (Wildman–Crippen LogP) is 1.91. The first-order chi connectivity index (χ1) is 9.60. The topological polar surface area (TPSA) is 67.8 Å². The number of methoxy groups -OCH3 is 2. The van der Waals surface area contributed by atoms with Gasteiger partial charge in [-0.05, 0) is 18.6 Å². The lowest BCUT2D eigenvalue weighted by Gasteiger charge is -2.18. The summed E-state index contributed by atoms with van der Waals surface area (Å²) in [5.41, 5.74) is 1.21. The second-order valence-corrected chi connectivity index (χ2v) is 4.77. The minimum Gasteiger partial charge on any atom is -0.496 e. The molecule has 1 aromatic rings. The summed E-state index contributed by atoms with van der Waals surface area (Å²) in [6.07, 6.45) is 0.476. The summed E-state index contributed by atoms with van der Waals surface area (Å²) >= 11 is 0. The van der Waals surface area contributed by atoms with Gasteiger partial charge in [0.05, 0.1) is 20.1 Å². The summed E-state index contributed by atoms with van der Waals surface area (Å²) in [5.74, 6) is -0.242. The van der Waals surface area contributed by atoms with Crippen molar-refractivity contribution in [2.45, 2.75) is 19.1 Å². The van der Waals surface area contributed by atoms with Gasteiger partial charge in [-0.2, -0.15) is 0 Å². The molecule has 1 aliphatic heterocycles. The van der Waals surface area contributed by atoms with Crippen LogP contribution in [0.25, 0.3) is 0 Å². The van der Waals surface area contributed by atoms with Crippen molar-refractivity contribution in [1.29, 1.82) is 0 Å². The molecular formula is C14H18FNO4. The Balaban J connectivity index is 2.33. The molecule has 0 saturated carbocycles. The Kier molecular flexibility index (Phi) is 4.44. The molecule has 1 aliphatic rings. The van der Waals surface area contributed by atoms with Crippen LogP contribution < -0.4 is 14.8 Å². The van der Waals surface area contributed by atoms with Crippen molar-refractivity contribution in [2.75, 3.05) is 20.8 Å². The molecule has 2 rings (SSSR count). The molecule has 5 nitrogen and oxygen atoms in total. The zero-order valence-electron chi connectivity index (χ0n) is 11.5. The highest BCUT2D eigenvalue weighted by Crippen LogP contribution is 2.37. The van der Waals surface area contributed by atoms with E-state index in [9.17, 15) is 9.18 Å². The lowest BCUT2D eigenvalue weighted by molar-refractivity contribution is -0.141. The average Bonchev–Trinajstić information content (AvgIpc) is 2.95. The molecule has 0 spiro atoms. The van der Waals surface area contributed by atoms with Gasteiger partial charge in [0.15, 0.2) is 0 Å². The summed E-state index contributed by atoms with van der Waals surface area (Å²) in [4.78, 5) is 11.0. The number of nitrogens with one attached hydrogen (secondary N) is 1. The highest BCUT2D eigenvalue weighted by Gasteiger charge is 2.32. The van der Waals surface area contributed by atoms with Crippen LogP contribution in [0.3, 0.4) is 0 Å². The third-order valence-electron chi connectivity index (χ3n) is 3.63. The highest BCUT2D eigenvalue weighted by molar-refractivity contribution is 5.71. The van der Waals surface area contributed by atoms with Crippen LogP contribution in [-0.2, 0) is 11.5 Å². The summed E-state index contributed by atoms with van der Waals surface area (Å²) in [7, 11) is 2.99. The lowest BCUT2D eigenvalue weighted by atomic mass is 9.97. The van der Waals surface area contributed by atoms with Crippen molar-refractivity contribution in [3.63, 3.8) is 0 Å². The van der Waals surface area contributed by atoms with Gasteiger partial charge in [0.2, 0.25) is 0 Å². The molecule has 0 aliphatic carbocycles. The Morgan fingerprint density at radius 2 is 2.10 bits per heavy atom. The van der Waals surface area contributed by atoms with Crippen LogP contribution in [0.15, 0.2) is 12.1 Å². The number of aliphatic carboxylic acids is 1. The predicted molar refractivity (Wildman–Crippen MR) is 70.8 cm³/mol. The van der Waals surface area contributed by atoms with Crippen molar-refractivity contribution in [3.8, 4) is 11.5 Å². The number of carboxylic acid groups (broad SMARTS) is 1. The smallest absolute Gasteiger partial charge is 0.307 e. The van der Waals surface area contributed by atoms with Crippen molar-refractivity contribution < 1.29 is 23.8 Å². The Bertz CT molecular complexity index is 506. The second kappa shape index (κ2) is 6.09. The number of benzene rings is 1. The van der Waals surface area contributed by atoms with E-state index in [2.05, 4.69) is 5.32 Å². The maximum Gasteiger partial charge on any atom is 0.307 e. The minimum atomic E-state index is -0.814. The maximum atomic E-state index is 12.9. The van der Waals surface area contributed by atoms with Crippen molar-refractivity contribution in [3.05, 3.63) is 23.3 Å². The normalized spacial score (nSPS) is 21.8. The molecule has 0 aromatic heterocycles. The Morgan fingerprint density at radius 1 is 1.40 bits per heavy atom. The molecule has 20 heavy (non-hydrogen) atoms. The first kappa shape index (κ1) is 14.6. The van der Waals surface area contributed by atoms with E-state index in [1.54, 1.807) is 12.1 Å². The number of carbonyl (C=O) groups is 1. The molecule has 1 saturated heterocycles. The van der Waals surface area contributed by atoms with Crippen LogP contribution in [0.4, 0.5) is 4.39 Å². The van der Waals surface area contributed by atoms with E-state index in [4.69, 9.17) is 14.6 Å². The van der Waals surface area contributed by atoms with Crippen molar-refractivity contribution in [2.24, 2.45) is 5.92 Å². The molecule has 2 atom stereocenters. The van der Waals surface area contributed by atoms with Gasteiger partial charge in [0.1, 0.15) is 18.2 Å². The number of alkyl halides is 1. The van der Waals surface area contributed by atoms with Crippen molar-refractivity contribution >= 4 is 5.97 Å². The summed E-state index contributed by atoms with van der Waals surface area (Å²) < 4.78 is 23.4. The van der Waals surface area contributed by atoms with Gasteiger partial charge >= 0.3 is 5.97 Å². The molecule has 0 bridgehead atoms. The average molecular weight is 283 g/mol. The fourth-order valence-electron chi connectivity index (χ4n) is 2.52. The van der Waals surface area contributed by atoms with Crippen LogP contribution >= 0.6 is 0 Å². The molecule has 0 radical (unpaired) electrons. The first-order valence-electron chi connectivity index (χ1n) is 6.37. The molecule has 1 fully saturated rings. The number of ether oxygens (including phenoxy) is 2. The number of rotatable bonds is 5. The van der Waals surface area contributed by atoms with E-state index in [0.29, 0.717) is 30.0 Å². The molecule has 110 valence electrons. The van der Waals surface area contributed by atoms with Gasteiger partial charge in [-0.15, -0.1) is 0 Å². The fourth-order valence-corrected chi connectivity index (χ4v) is 2.52. The van der Waals surface area contributed by atoms with Crippen LogP contribution in [0.1, 0.15) is 23.6 Å². The van der Waals surface area contributed by atoms with E-state index in [1.165, 1.54) is 14.2 Å². The van der Waals surface area contributed by atoms with Gasteiger partial charge in [-0.25, -0.2) is 4.39 Å². The molecule has 1 heterocycles. The summed E-state index contributed by atoms with van der Waals surface area (Å²) in [6, 6.07) is 3.19. The largest absolute Gasteiger partial charge is 0.496 e. The van der Waals surface area contributed by atoms with E-state index in [0.717, 1.165) is 5.56 Å². The van der Waals surface area contributed by atoms with E-state index >= 15 is 0 Å². The number of halogens is 1. The first-order valence-corrected chi connectivity index (χ1v) is 6.37. The summed E-state index contributed by atoms with van der Waals surface area (Å²) in [5, 5.41) is 12.2. The lowest BCUT2D eigenvalue weighted by Crippen LogP contribution is -2.17. The number of carboxylic acids is 1. The van der Waals surface area contributed by atoms with Gasteiger partial charge in [-0.3, -0.25) is 4.79 Å². The van der Waals surface area contributed by atoms with Crippen LogP contribution in [0, 0.1) is 5.92 Å². The summed E-state index contributed by atoms with van der Waals surface area (Å²) in [6.45, 7) is -0.230. The molecule has 1 aromatic carbocycles. The van der Waals surface area contributed by atoms with Crippen LogP contribution in [0.5, 0.6) is 11.5 Å². The third-order valence-corrected chi connectivity index (χ3v) is 3.63. The SMILES string of the molecule is COc1cc(C2CC(C(=O)O)CN2)c(OC)cc1CF. The fraction of sp³-hybridized carbons (Fsp3) is 0.500. The van der Waals surface area contributed by atoms with Gasteiger partial charge in [-0.1, -0.05) is 0 Å².